The number of carbonyl (C=O) groups is 1. The highest BCUT2D eigenvalue weighted by atomic mass is 19.4. The lowest BCUT2D eigenvalue weighted by atomic mass is 10.0. The summed E-state index contributed by atoms with van der Waals surface area (Å²) in [7, 11) is 0. The van der Waals surface area contributed by atoms with Gasteiger partial charge in [0.05, 0.1) is 5.56 Å². The molecule has 0 amide bonds. The summed E-state index contributed by atoms with van der Waals surface area (Å²) < 4.78 is 36.9. The average Bonchev–Trinajstić information content (AvgIpc) is 2.29. The normalized spacial score (nSPS) is 11.0. The van der Waals surface area contributed by atoms with Crippen LogP contribution in [0.4, 0.5) is 13.2 Å². The Hall–Kier alpha value is -1.76. The van der Waals surface area contributed by atoms with Crippen LogP contribution in [0.1, 0.15) is 30.4 Å². The number of carbonyl (C=O) groups excluding carboxylic acids is 1. The molecule has 0 bridgehead atoms. The van der Waals surface area contributed by atoms with E-state index in [9.17, 15) is 18.0 Å². The van der Waals surface area contributed by atoms with Crippen LogP contribution >= 0.6 is 0 Å². The first-order chi connectivity index (χ1) is 8.43. The van der Waals surface area contributed by atoms with E-state index in [2.05, 4.69) is 5.92 Å². The molecule has 0 saturated carbocycles. The maximum Gasteiger partial charge on any atom is 0.416 e. The highest BCUT2D eigenvalue weighted by molar-refractivity contribution is 5.80. The molecule has 1 nitrogen and oxygen atoms in total. The van der Waals surface area contributed by atoms with E-state index in [0.29, 0.717) is 24.8 Å². The molecule has 0 aromatic heterocycles. The maximum absolute atomic E-state index is 12.3. The summed E-state index contributed by atoms with van der Waals surface area (Å²) in [6.45, 7) is 0. The second kappa shape index (κ2) is 6.25. The van der Waals surface area contributed by atoms with Crippen molar-refractivity contribution in [1.82, 2.24) is 0 Å². The summed E-state index contributed by atoms with van der Waals surface area (Å²) in [5.74, 6) is 2.42. The van der Waals surface area contributed by atoms with E-state index in [1.54, 1.807) is 0 Å². The number of alkyl halides is 3. The Bertz CT molecular complexity index is 438. The number of unbranched alkanes of at least 4 members (excludes halogenated alkanes) is 1. The fourth-order valence-electron chi connectivity index (χ4n) is 1.52. The predicted octanol–water partition coefficient (Wildman–Crippen LogP) is 3.62. The molecular weight excluding hydrogens is 241 g/mol. The number of terminal acetylenes is 1. The van der Waals surface area contributed by atoms with E-state index < -0.39 is 11.7 Å². The Morgan fingerprint density at radius 1 is 1.22 bits per heavy atom. The average molecular weight is 254 g/mol. The summed E-state index contributed by atoms with van der Waals surface area (Å²) >= 11 is 0. The Labute approximate surface area is 104 Å². The topological polar surface area (TPSA) is 17.1 Å². The van der Waals surface area contributed by atoms with E-state index in [1.165, 1.54) is 12.1 Å². The highest BCUT2D eigenvalue weighted by Crippen LogP contribution is 2.29. The van der Waals surface area contributed by atoms with Gasteiger partial charge in [-0.2, -0.15) is 13.2 Å². The van der Waals surface area contributed by atoms with Gasteiger partial charge in [0.15, 0.2) is 0 Å². The SMILES string of the molecule is C#CCCCC(=O)Cc1ccc(C(F)(F)F)cc1. The molecule has 0 unspecified atom stereocenters. The molecule has 0 N–H and O–H groups in total. The predicted molar refractivity (Wildman–Crippen MR) is 62.8 cm³/mol. The quantitative estimate of drug-likeness (QED) is 0.579. The summed E-state index contributed by atoms with van der Waals surface area (Å²) in [4.78, 5) is 11.5. The Morgan fingerprint density at radius 3 is 2.33 bits per heavy atom. The van der Waals surface area contributed by atoms with Crippen LogP contribution in [-0.4, -0.2) is 5.78 Å². The van der Waals surface area contributed by atoms with Gasteiger partial charge in [-0.15, -0.1) is 12.3 Å². The molecule has 1 rings (SSSR count). The minimum absolute atomic E-state index is 0.00925. The molecule has 0 heterocycles. The maximum atomic E-state index is 12.3. The smallest absolute Gasteiger partial charge is 0.299 e. The molecule has 1 aromatic carbocycles. The van der Waals surface area contributed by atoms with Gasteiger partial charge in [-0.1, -0.05) is 12.1 Å². The standard InChI is InChI=1S/C14H13F3O/c1-2-3-4-5-13(18)10-11-6-8-12(9-7-11)14(15,16)17/h1,6-9H,3-5,10H2. The van der Waals surface area contributed by atoms with Gasteiger partial charge in [-0.3, -0.25) is 4.79 Å². The van der Waals surface area contributed by atoms with Crippen molar-refractivity contribution in [2.75, 3.05) is 0 Å². The molecule has 18 heavy (non-hydrogen) atoms. The number of hydrogen-bond acceptors (Lipinski definition) is 1. The van der Waals surface area contributed by atoms with Crippen LogP contribution in [-0.2, 0) is 17.4 Å². The first-order valence-corrected chi connectivity index (χ1v) is 5.55. The van der Waals surface area contributed by atoms with Crippen LogP contribution in [0.15, 0.2) is 24.3 Å². The number of hydrogen-bond donors (Lipinski definition) is 0. The summed E-state index contributed by atoms with van der Waals surface area (Å²) in [6.07, 6.45) is 2.40. The third kappa shape index (κ3) is 4.62. The molecule has 0 aliphatic carbocycles. The van der Waals surface area contributed by atoms with E-state index in [0.717, 1.165) is 12.1 Å². The van der Waals surface area contributed by atoms with Crippen molar-refractivity contribution in [2.45, 2.75) is 31.9 Å². The fraction of sp³-hybridized carbons (Fsp3) is 0.357. The van der Waals surface area contributed by atoms with Crippen LogP contribution < -0.4 is 0 Å². The van der Waals surface area contributed by atoms with Crippen LogP contribution in [0.2, 0.25) is 0 Å². The lowest BCUT2D eigenvalue weighted by Gasteiger charge is -2.07. The van der Waals surface area contributed by atoms with Crippen molar-refractivity contribution in [3.05, 3.63) is 35.4 Å². The van der Waals surface area contributed by atoms with E-state index in [-0.39, 0.29) is 12.2 Å². The fourth-order valence-corrected chi connectivity index (χ4v) is 1.52. The number of rotatable bonds is 5. The van der Waals surface area contributed by atoms with Crippen molar-refractivity contribution in [1.29, 1.82) is 0 Å². The molecule has 0 aliphatic rings. The minimum atomic E-state index is -4.34. The van der Waals surface area contributed by atoms with E-state index >= 15 is 0 Å². The monoisotopic (exact) mass is 254 g/mol. The molecule has 0 aliphatic heterocycles. The van der Waals surface area contributed by atoms with Gasteiger partial charge < -0.3 is 0 Å². The van der Waals surface area contributed by atoms with Crippen molar-refractivity contribution >= 4 is 5.78 Å². The second-order valence-corrected chi connectivity index (χ2v) is 3.97. The number of halogens is 3. The number of benzene rings is 1. The van der Waals surface area contributed by atoms with Crippen molar-refractivity contribution < 1.29 is 18.0 Å². The number of ketones is 1. The lowest BCUT2D eigenvalue weighted by molar-refractivity contribution is -0.137. The van der Waals surface area contributed by atoms with Gasteiger partial charge in [-0.25, -0.2) is 0 Å². The van der Waals surface area contributed by atoms with Gasteiger partial charge in [0, 0.05) is 19.3 Å². The van der Waals surface area contributed by atoms with Gasteiger partial charge in [0.2, 0.25) is 0 Å². The summed E-state index contributed by atoms with van der Waals surface area (Å²) in [6, 6.07) is 4.65. The number of Topliss-reactive ketones (excluding diaryl/α,β-unsaturated/α-hetero) is 1. The first-order valence-electron chi connectivity index (χ1n) is 5.55. The zero-order chi connectivity index (χ0) is 13.6. The summed E-state index contributed by atoms with van der Waals surface area (Å²) in [5, 5.41) is 0. The van der Waals surface area contributed by atoms with E-state index in [4.69, 9.17) is 6.42 Å². The summed E-state index contributed by atoms with van der Waals surface area (Å²) in [5.41, 5.74) is -0.111. The first kappa shape index (κ1) is 14.3. The molecule has 1 aromatic rings. The van der Waals surface area contributed by atoms with Crippen molar-refractivity contribution in [2.24, 2.45) is 0 Å². The molecule has 0 spiro atoms. The van der Waals surface area contributed by atoms with Crippen LogP contribution in [0.3, 0.4) is 0 Å². The zero-order valence-corrected chi connectivity index (χ0v) is 9.76. The largest absolute Gasteiger partial charge is 0.416 e. The van der Waals surface area contributed by atoms with Crippen LogP contribution in [0.25, 0.3) is 0 Å². The third-order valence-corrected chi connectivity index (χ3v) is 2.46. The van der Waals surface area contributed by atoms with Crippen molar-refractivity contribution in [3.63, 3.8) is 0 Å². The van der Waals surface area contributed by atoms with Crippen LogP contribution in [0, 0.1) is 12.3 Å². The molecule has 0 fully saturated rings. The molecule has 0 atom stereocenters. The zero-order valence-electron chi connectivity index (χ0n) is 9.76. The Morgan fingerprint density at radius 2 is 1.83 bits per heavy atom. The Balaban J connectivity index is 2.54. The molecule has 96 valence electrons. The van der Waals surface area contributed by atoms with Gasteiger partial charge in [-0.05, 0) is 24.1 Å². The molecular formula is C14H13F3O. The Kier molecular flexibility index (Phi) is 4.96. The van der Waals surface area contributed by atoms with E-state index in [1.807, 2.05) is 0 Å². The third-order valence-electron chi connectivity index (χ3n) is 2.46. The van der Waals surface area contributed by atoms with Gasteiger partial charge >= 0.3 is 6.18 Å². The second-order valence-electron chi connectivity index (χ2n) is 3.97. The molecule has 0 radical (unpaired) electrons. The molecule has 0 saturated heterocycles. The van der Waals surface area contributed by atoms with Gasteiger partial charge in [0.25, 0.3) is 0 Å². The minimum Gasteiger partial charge on any atom is -0.299 e. The molecule has 4 heteroatoms. The van der Waals surface area contributed by atoms with Crippen LogP contribution in [0.5, 0.6) is 0 Å². The highest BCUT2D eigenvalue weighted by Gasteiger charge is 2.29. The van der Waals surface area contributed by atoms with Crippen molar-refractivity contribution in [3.8, 4) is 12.3 Å². The lowest BCUT2D eigenvalue weighted by Crippen LogP contribution is -2.06. The van der Waals surface area contributed by atoms with Gasteiger partial charge in [0.1, 0.15) is 5.78 Å².